The Kier molecular flexibility index (Phi) is 38.7. The molecule has 0 radical (unpaired) electrons. The quantitative estimate of drug-likeness (QED) is 0.0144. The van der Waals surface area contributed by atoms with Gasteiger partial charge in [-0.2, -0.15) is 0 Å². The number of hydrogen-bond acceptors (Lipinski definition) is 20. The van der Waals surface area contributed by atoms with Gasteiger partial charge in [-0.15, -0.1) is 0 Å². The van der Waals surface area contributed by atoms with Crippen molar-refractivity contribution in [2.45, 2.75) is 191 Å². The SMILES string of the molecule is CC[C@H](C)[C@H](NC(=O)[C@H](Cc1ccc(O)cc1)NC(=O)[C@@H](NC(=O)[C@H](CO)NC(=O)[C@H](CCCCN)NC(=O)[C@@H](N)CCCN=C(N)N)[C@@H](C)CC)C(=O)NCC(=O)N1CCC[C@H]1C(=O)NCC(=O)N[C@@H](CCCN=C(N)N)C(=O)N[C@@H](C)C(=O)N[C@@H](Cc1ccccc1)C(=O)N[C@@H](Cc1ccc(O)cc1)C(=O)O. The number of rotatable bonds is 47. The zero-order valence-electron chi connectivity index (χ0n) is 62.3. The van der Waals surface area contributed by atoms with E-state index in [9.17, 15) is 82.8 Å². The molecule has 0 aliphatic carbocycles. The number of carbonyl (C=O) groups is 13. The van der Waals surface area contributed by atoms with Crippen molar-refractivity contribution in [3.05, 3.63) is 95.6 Å². The molecular formula is C72H110N20O17. The number of aliphatic hydroxyl groups is 1. The van der Waals surface area contributed by atoms with Crippen molar-refractivity contribution < 1.29 is 82.8 Å². The van der Waals surface area contributed by atoms with E-state index in [4.69, 9.17) is 34.4 Å². The highest BCUT2D eigenvalue weighted by atomic mass is 16.4. The van der Waals surface area contributed by atoms with Gasteiger partial charge in [-0.25, -0.2) is 4.79 Å². The average Bonchev–Trinajstić information content (AvgIpc) is 1.57. The molecule has 600 valence electrons. The molecule has 37 heteroatoms. The molecule has 37 nitrogen and oxygen atoms in total. The highest BCUT2D eigenvalue weighted by Gasteiger charge is 2.39. The summed E-state index contributed by atoms with van der Waals surface area (Å²) in [5.74, 6) is -13.1. The first-order valence-electron chi connectivity index (χ1n) is 36.4. The van der Waals surface area contributed by atoms with E-state index in [-0.39, 0.29) is 107 Å². The van der Waals surface area contributed by atoms with E-state index in [1.165, 1.54) is 60.4 Å². The lowest BCUT2D eigenvalue weighted by Crippen LogP contribution is -2.62. The maximum absolute atomic E-state index is 14.6. The minimum atomic E-state index is -1.65. The first-order valence-corrected chi connectivity index (χ1v) is 36.4. The number of aliphatic imine (C=N–C) groups is 2. The average molecular weight is 1530 g/mol. The molecule has 4 rings (SSSR count). The van der Waals surface area contributed by atoms with Gasteiger partial charge in [0.25, 0.3) is 0 Å². The fourth-order valence-electron chi connectivity index (χ4n) is 11.5. The minimum absolute atomic E-state index is 0.0226. The Labute approximate surface area is 632 Å². The summed E-state index contributed by atoms with van der Waals surface area (Å²) in [5, 5.41) is 68.6. The first-order chi connectivity index (χ1) is 51.8. The number of aromatic hydroxyl groups is 2. The van der Waals surface area contributed by atoms with Crippen molar-refractivity contribution in [2.75, 3.05) is 45.9 Å². The van der Waals surface area contributed by atoms with Gasteiger partial charge in [-0.3, -0.25) is 67.5 Å². The smallest absolute Gasteiger partial charge is 0.326 e. The van der Waals surface area contributed by atoms with Gasteiger partial charge in [-0.1, -0.05) is 95.1 Å². The molecule has 13 atom stereocenters. The number of likely N-dealkylation sites (tertiary alicyclic amines) is 1. The molecule has 0 saturated carbocycles. The molecule has 1 saturated heterocycles. The van der Waals surface area contributed by atoms with Crippen LogP contribution in [0.25, 0.3) is 0 Å². The number of nitrogens with zero attached hydrogens (tertiary/aromatic N) is 3. The summed E-state index contributed by atoms with van der Waals surface area (Å²) in [5.41, 5.74) is 35.1. The summed E-state index contributed by atoms with van der Waals surface area (Å²) in [6.07, 6.45) is 2.11. The Morgan fingerprint density at radius 3 is 1.48 bits per heavy atom. The molecule has 1 aliphatic rings. The molecule has 27 N–H and O–H groups in total. The second-order valence-electron chi connectivity index (χ2n) is 26.8. The van der Waals surface area contributed by atoms with Crippen LogP contribution in [0.2, 0.25) is 0 Å². The van der Waals surface area contributed by atoms with E-state index < -0.39 is 175 Å². The maximum atomic E-state index is 14.6. The zero-order chi connectivity index (χ0) is 80.9. The third-order valence-corrected chi connectivity index (χ3v) is 18.3. The molecule has 0 bridgehead atoms. The first kappa shape index (κ1) is 90.2. The number of nitrogens with two attached hydrogens (primary N) is 6. The van der Waals surface area contributed by atoms with Crippen molar-refractivity contribution in [3.63, 3.8) is 0 Å². The third-order valence-electron chi connectivity index (χ3n) is 18.3. The van der Waals surface area contributed by atoms with E-state index in [2.05, 4.69) is 68.5 Å². The summed E-state index contributed by atoms with van der Waals surface area (Å²) in [6.45, 7) is 6.34. The van der Waals surface area contributed by atoms with Gasteiger partial charge in [0, 0.05) is 38.9 Å². The third kappa shape index (κ3) is 31.6. The fourth-order valence-corrected chi connectivity index (χ4v) is 11.5. The van der Waals surface area contributed by atoms with Crippen LogP contribution in [-0.2, 0) is 81.6 Å². The summed E-state index contributed by atoms with van der Waals surface area (Å²) < 4.78 is 0. The highest BCUT2D eigenvalue weighted by Crippen LogP contribution is 2.20. The molecule has 3 aromatic rings. The topological polar surface area (TPSA) is 619 Å². The monoisotopic (exact) mass is 1530 g/mol. The van der Waals surface area contributed by atoms with Crippen molar-refractivity contribution in [1.82, 2.24) is 63.4 Å². The van der Waals surface area contributed by atoms with Gasteiger partial charge in [0.05, 0.1) is 25.7 Å². The molecule has 1 heterocycles. The predicted octanol–water partition coefficient (Wildman–Crippen LogP) is -4.54. The fraction of sp³-hybridized carbons (Fsp3) is 0.542. The van der Waals surface area contributed by atoms with Gasteiger partial charge in [0.15, 0.2) is 11.9 Å². The van der Waals surface area contributed by atoms with Crippen molar-refractivity contribution in [3.8, 4) is 11.5 Å². The second kappa shape index (κ2) is 46.8. The van der Waals surface area contributed by atoms with Crippen LogP contribution in [0.1, 0.15) is 122 Å². The molecule has 12 amide bonds. The molecule has 0 aromatic heterocycles. The lowest BCUT2D eigenvalue weighted by Gasteiger charge is -2.30. The van der Waals surface area contributed by atoms with Crippen LogP contribution in [0.5, 0.6) is 11.5 Å². The number of hydrogen-bond donors (Lipinski definition) is 21. The maximum Gasteiger partial charge on any atom is 0.326 e. The van der Waals surface area contributed by atoms with E-state index in [0.717, 1.165) is 0 Å². The van der Waals surface area contributed by atoms with E-state index in [1.807, 2.05) is 0 Å². The minimum Gasteiger partial charge on any atom is -0.508 e. The number of aliphatic carboxylic acids is 1. The van der Waals surface area contributed by atoms with Crippen LogP contribution in [-0.4, -0.2) is 226 Å². The van der Waals surface area contributed by atoms with Crippen LogP contribution in [0.3, 0.4) is 0 Å². The zero-order valence-corrected chi connectivity index (χ0v) is 62.3. The number of aliphatic hydroxyl groups excluding tert-OH is 1. The van der Waals surface area contributed by atoms with E-state index in [0.29, 0.717) is 48.8 Å². The molecule has 0 spiro atoms. The van der Waals surface area contributed by atoms with Crippen molar-refractivity contribution in [1.29, 1.82) is 0 Å². The Balaban J connectivity index is 1.44. The number of carbonyl (C=O) groups excluding carboxylic acids is 12. The summed E-state index contributed by atoms with van der Waals surface area (Å²) in [4.78, 5) is 189. The second-order valence-corrected chi connectivity index (χ2v) is 26.8. The van der Waals surface area contributed by atoms with Crippen molar-refractivity contribution in [2.24, 2.45) is 56.2 Å². The number of carboxylic acid groups (broad SMARTS) is 1. The number of guanidine groups is 2. The van der Waals surface area contributed by atoms with Gasteiger partial charge in [0.1, 0.15) is 71.9 Å². The number of unbranched alkanes of at least 4 members (excludes halogenated alkanes) is 1. The number of phenolic OH excluding ortho intramolecular Hbond substituents is 2. The Bertz CT molecular complexity index is 3580. The number of benzene rings is 3. The highest BCUT2D eigenvalue weighted by molar-refractivity contribution is 5.99. The van der Waals surface area contributed by atoms with Crippen LogP contribution in [0.15, 0.2) is 88.8 Å². The lowest BCUT2D eigenvalue weighted by molar-refractivity contribution is -0.142. The molecule has 109 heavy (non-hydrogen) atoms. The van der Waals surface area contributed by atoms with Crippen LogP contribution in [0, 0.1) is 11.8 Å². The van der Waals surface area contributed by atoms with Gasteiger partial charge >= 0.3 is 5.97 Å². The normalized spacial score (nSPS) is 15.7. The largest absolute Gasteiger partial charge is 0.508 e. The number of amides is 12. The standard InChI is InChI=1S/C72H110N20O17/c1-6-40(3)58(90-65(103)52(35-44-22-26-46(94)27-23-44)87-69(107)59(41(4)7-2)91-66(104)54(39-93)89-63(101)50(19-11-12-30-73)85-61(99)48(74)18-13-31-79-71(75)76)68(106)82-38-57(97)92-33-15-21-55(92)67(105)81-37-56(96)84-49(20-14-32-80-72(77)78)62(100)83-42(5)60(98)86-51(34-43-16-9-8-10-17-43)64(102)88-53(70(108)109)36-45-24-28-47(95)29-25-45/h8-10,16-17,22-29,40-42,48-55,58-59,93-95H,6-7,11-15,18-21,30-39,73-74H2,1-5H3,(H,81,105)(H,82,106)(H,83,100)(H,84,96)(H,85,99)(H,86,98)(H,87,107)(H,88,102)(H,89,101)(H,90,103)(H,91,104)(H,108,109)(H4,75,76,79)(H4,77,78,80)/t40-,41-,42-,48-,49-,50-,51-,52-,53-,54-,55-,58-,59-/m0/s1. The van der Waals surface area contributed by atoms with Gasteiger partial charge in [-0.05, 0) is 124 Å². The van der Waals surface area contributed by atoms with Crippen LogP contribution < -0.4 is 92.9 Å². The number of phenols is 2. The molecular weight excluding hydrogens is 1420 g/mol. The van der Waals surface area contributed by atoms with Crippen molar-refractivity contribution >= 4 is 88.8 Å². The van der Waals surface area contributed by atoms with Crippen LogP contribution >= 0.6 is 0 Å². The Morgan fingerprint density at radius 1 is 0.495 bits per heavy atom. The van der Waals surface area contributed by atoms with Gasteiger partial charge < -0.3 is 118 Å². The molecule has 3 aromatic carbocycles. The number of nitrogens with one attached hydrogen (secondary N) is 11. The molecule has 1 aliphatic heterocycles. The number of carboxylic acids is 1. The van der Waals surface area contributed by atoms with Crippen LogP contribution in [0.4, 0.5) is 0 Å². The Morgan fingerprint density at radius 2 is 0.945 bits per heavy atom. The predicted molar refractivity (Wildman–Crippen MR) is 402 cm³/mol. The molecule has 0 unspecified atom stereocenters. The Hall–Kier alpha value is -11.2. The summed E-state index contributed by atoms with van der Waals surface area (Å²) in [6, 6.07) is 5.14. The summed E-state index contributed by atoms with van der Waals surface area (Å²) >= 11 is 0. The van der Waals surface area contributed by atoms with Gasteiger partial charge in [0.2, 0.25) is 70.9 Å². The summed E-state index contributed by atoms with van der Waals surface area (Å²) in [7, 11) is 0. The van der Waals surface area contributed by atoms with E-state index >= 15 is 0 Å². The van der Waals surface area contributed by atoms with E-state index in [1.54, 1.807) is 58.0 Å². The lowest BCUT2D eigenvalue weighted by atomic mass is 9.95. The molecule has 1 fully saturated rings.